The maximum atomic E-state index is 13.1. The molecule has 1 atom stereocenters. The van der Waals surface area contributed by atoms with Crippen LogP contribution in [-0.2, 0) is 4.79 Å². The molecule has 8 heteroatoms. The molecule has 1 amide bonds. The van der Waals surface area contributed by atoms with E-state index in [1.54, 1.807) is 43.9 Å². The molecule has 0 bridgehead atoms. The molecule has 0 saturated carbocycles. The van der Waals surface area contributed by atoms with Crippen molar-refractivity contribution in [2.24, 2.45) is 0 Å². The molecule has 0 radical (unpaired) electrons. The van der Waals surface area contributed by atoms with E-state index in [0.29, 0.717) is 34.1 Å². The normalized spacial score (nSPS) is 17.8. The lowest BCUT2D eigenvalue weighted by molar-refractivity contribution is -0.147. The number of hydrogen-bond acceptors (Lipinski definition) is 5. The van der Waals surface area contributed by atoms with Gasteiger partial charge in [-0.2, -0.15) is 4.98 Å². The fourth-order valence-electron chi connectivity index (χ4n) is 2.94. The summed E-state index contributed by atoms with van der Waals surface area (Å²) >= 11 is 12.1. The van der Waals surface area contributed by atoms with E-state index in [-0.39, 0.29) is 11.9 Å². The minimum atomic E-state index is -1.10. The maximum Gasteiger partial charge on any atom is 0.266 e. The summed E-state index contributed by atoms with van der Waals surface area (Å²) in [4.78, 5) is 19.1. The fourth-order valence-corrected chi connectivity index (χ4v) is 3.38. The van der Waals surface area contributed by atoms with Crippen LogP contribution in [0, 0.1) is 6.92 Å². The van der Waals surface area contributed by atoms with Crippen molar-refractivity contribution in [1.29, 1.82) is 0 Å². The number of aryl methyl sites for hydroxylation is 1. The van der Waals surface area contributed by atoms with Crippen LogP contribution in [0.25, 0.3) is 0 Å². The third kappa shape index (κ3) is 3.75. The number of hydrogen-bond donors (Lipinski definition) is 0. The van der Waals surface area contributed by atoms with Crippen molar-refractivity contribution in [3.8, 4) is 5.75 Å². The number of benzene rings is 1. The predicted octanol–water partition coefficient (Wildman–Crippen LogP) is 4.21. The molecule has 1 aromatic heterocycles. The molecule has 134 valence electrons. The summed E-state index contributed by atoms with van der Waals surface area (Å²) in [6.07, 6.45) is 1.65. The molecule has 0 spiro atoms. The summed E-state index contributed by atoms with van der Waals surface area (Å²) in [7, 11) is 0. The monoisotopic (exact) mass is 383 g/mol. The summed E-state index contributed by atoms with van der Waals surface area (Å²) in [6.45, 7) is 5.80. The van der Waals surface area contributed by atoms with Crippen molar-refractivity contribution < 1.29 is 14.1 Å². The lowest BCUT2D eigenvalue weighted by Crippen LogP contribution is -2.48. The van der Waals surface area contributed by atoms with Crippen molar-refractivity contribution in [1.82, 2.24) is 15.0 Å². The van der Waals surface area contributed by atoms with E-state index in [1.165, 1.54) is 0 Å². The minimum absolute atomic E-state index is 0.156. The van der Waals surface area contributed by atoms with Crippen LogP contribution in [0.1, 0.15) is 44.4 Å². The number of rotatable bonds is 4. The van der Waals surface area contributed by atoms with Gasteiger partial charge in [0.2, 0.25) is 5.89 Å². The van der Waals surface area contributed by atoms with Gasteiger partial charge in [0.15, 0.2) is 11.4 Å². The van der Waals surface area contributed by atoms with Gasteiger partial charge in [-0.15, -0.1) is 0 Å². The Bertz CT molecular complexity index is 791. The smallest absolute Gasteiger partial charge is 0.266 e. The highest BCUT2D eigenvalue weighted by atomic mass is 35.5. The molecule has 2 aromatic rings. The van der Waals surface area contributed by atoms with Gasteiger partial charge in [-0.3, -0.25) is 4.79 Å². The van der Waals surface area contributed by atoms with Crippen LogP contribution < -0.4 is 4.74 Å². The molecule has 0 N–H and O–H groups in total. The number of halogens is 2. The van der Waals surface area contributed by atoms with Gasteiger partial charge >= 0.3 is 0 Å². The van der Waals surface area contributed by atoms with Crippen LogP contribution >= 0.6 is 23.2 Å². The Hall–Kier alpha value is -1.79. The zero-order valence-electron chi connectivity index (χ0n) is 14.3. The topological polar surface area (TPSA) is 68.5 Å². The Morgan fingerprint density at radius 2 is 2.16 bits per heavy atom. The van der Waals surface area contributed by atoms with Crippen molar-refractivity contribution in [3.63, 3.8) is 0 Å². The first kappa shape index (κ1) is 18.0. The van der Waals surface area contributed by atoms with Crippen LogP contribution in [-0.4, -0.2) is 33.1 Å². The van der Waals surface area contributed by atoms with Crippen LogP contribution in [0.4, 0.5) is 0 Å². The quantitative estimate of drug-likeness (QED) is 0.790. The Kier molecular flexibility index (Phi) is 4.93. The molecule has 3 rings (SSSR count). The van der Waals surface area contributed by atoms with Crippen molar-refractivity contribution >= 4 is 29.1 Å². The van der Waals surface area contributed by atoms with Crippen molar-refractivity contribution in [3.05, 3.63) is 40.0 Å². The van der Waals surface area contributed by atoms with Crippen molar-refractivity contribution in [2.75, 3.05) is 6.54 Å². The molecular formula is C17H19Cl2N3O3. The third-order valence-corrected chi connectivity index (χ3v) is 4.65. The Labute approximate surface area is 156 Å². The summed E-state index contributed by atoms with van der Waals surface area (Å²) in [5.74, 6) is 1.27. The van der Waals surface area contributed by atoms with Gasteiger partial charge in [0, 0.05) is 11.6 Å². The number of amides is 1. The Balaban J connectivity index is 1.80. The molecule has 1 aromatic carbocycles. The molecule has 0 aliphatic carbocycles. The third-order valence-electron chi connectivity index (χ3n) is 4.12. The van der Waals surface area contributed by atoms with E-state index >= 15 is 0 Å². The largest absolute Gasteiger partial charge is 0.476 e. The van der Waals surface area contributed by atoms with E-state index in [0.717, 1.165) is 12.8 Å². The van der Waals surface area contributed by atoms with Gasteiger partial charge in [0.1, 0.15) is 11.8 Å². The molecule has 2 heterocycles. The zero-order valence-corrected chi connectivity index (χ0v) is 15.8. The summed E-state index contributed by atoms with van der Waals surface area (Å²) in [6, 6.07) is 4.68. The lowest BCUT2D eigenvalue weighted by atomic mass is 10.1. The number of likely N-dealkylation sites (tertiary alicyclic amines) is 1. The number of nitrogens with zero attached hydrogens (tertiary/aromatic N) is 3. The molecule has 1 fully saturated rings. The molecule has 0 unspecified atom stereocenters. The van der Waals surface area contributed by atoms with E-state index in [4.69, 9.17) is 32.5 Å². The number of carbonyl (C=O) groups is 1. The van der Waals surface area contributed by atoms with Gasteiger partial charge in [-0.25, -0.2) is 0 Å². The number of ether oxygens (including phenoxy) is 1. The second-order valence-electron chi connectivity index (χ2n) is 6.52. The second kappa shape index (κ2) is 6.84. The van der Waals surface area contributed by atoms with Gasteiger partial charge < -0.3 is 14.2 Å². The highest BCUT2D eigenvalue weighted by Crippen LogP contribution is 2.35. The molecular weight excluding hydrogens is 365 g/mol. The SMILES string of the molecule is Cc1noc([C@@H]2CCCN2C(=O)C(C)(C)Oc2ccc(Cl)cc2Cl)n1. The maximum absolute atomic E-state index is 13.1. The summed E-state index contributed by atoms with van der Waals surface area (Å²) < 4.78 is 11.2. The Morgan fingerprint density at radius 3 is 2.80 bits per heavy atom. The minimum Gasteiger partial charge on any atom is -0.476 e. The van der Waals surface area contributed by atoms with E-state index in [2.05, 4.69) is 10.1 Å². The van der Waals surface area contributed by atoms with Crippen LogP contribution in [0.5, 0.6) is 5.75 Å². The first-order valence-corrected chi connectivity index (χ1v) is 8.79. The molecule has 1 saturated heterocycles. The van der Waals surface area contributed by atoms with Gasteiger partial charge in [0.05, 0.1) is 5.02 Å². The zero-order chi connectivity index (χ0) is 18.2. The van der Waals surface area contributed by atoms with E-state index in [1.807, 2.05) is 0 Å². The molecule has 6 nitrogen and oxygen atoms in total. The standard InChI is InChI=1S/C17H19Cl2N3O3/c1-10-20-15(25-21-10)13-5-4-8-22(13)16(23)17(2,3)24-14-7-6-11(18)9-12(14)19/h6-7,9,13H,4-5,8H2,1-3H3/t13-/m0/s1. The molecule has 1 aliphatic rings. The summed E-state index contributed by atoms with van der Waals surface area (Å²) in [5.41, 5.74) is -1.10. The van der Waals surface area contributed by atoms with Gasteiger partial charge in [-0.05, 0) is 51.8 Å². The second-order valence-corrected chi connectivity index (χ2v) is 7.37. The van der Waals surface area contributed by atoms with Gasteiger partial charge in [-0.1, -0.05) is 28.4 Å². The number of aromatic nitrogens is 2. The van der Waals surface area contributed by atoms with Crippen LogP contribution in [0.15, 0.2) is 22.7 Å². The van der Waals surface area contributed by atoms with Crippen molar-refractivity contribution in [2.45, 2.75) is 45.3 Å². The fraction of sp³-hybridized carbons (Fsp3) is 0.471. The van der Waals surface area contributed by atoms with Crippen LogP contribution in [0.3, 0.4) is 0 Å². The van der Waals surface area contributed by atoms with E-state index < -0.39 is 5.60 Å². The van der Waals surface area contributed by atoms with E-state index in [9.17, 15) is 4.79 Å². The highest BCUT2D eigenvalue weighted by Gasteiger charge is 2.42. The average Bonchev–Trinajstić information content (AvgIpc) is 3.17. The number of carbonyl (C=O) groups excluding carboxylic acids is 1. The van der Waals surface area contributed by atoms with Gasteiger partial charge in [0.25, 0.3) is 5.91 Å². The predicted molar refractivity (Wildman–Crippen MR) is 93.9 cm³/mol. The molecule has 1 aliphatic heterocycles. The van der Waals surface area contributed by atoms with Crippen LogP contribution in [0.2, 0.25) is 10.0 Å². The lowest BCUT2D eigenvalue weighted by Gasteiger charge is -2.32. The summed E-state index contributed by atoms with van der Waals surface area (Å²) in [5, 5.41) is 4.69. The Morgan fingerprint density at radius 1 is 1.40 bits per heavy atom. The average molecular weight is 384 g/mol. The molecule has 25 heavy (non-hydrogen) atoms. The first-order valence-electron chi connectivity index (χ1n) is 8.03. The first-order chi connectivity index (χ1) is 11.8. The highest BCUT2D eigenvalue weighted by molar-refractivity contribution is 6.35.